The number of rotatable bonds is 6. The summed E-state index contributed by atoms with van der Waals surface area (Å²) in [5.41, 5.74) is 1.18. The molecule has 1 aromatic rings. The molecule has 1 fully saturated rings. The van der Waals surface area contributed by atoms with Crippen molar-refractivity contribution in [2.45, 2.75) is 25.8 Å². The van der Waals surface area contributed by atoms with E-state index in [0.29, 0.717) is 0 Å². The van der Waals surface area contributed by atoms with Crippen molar-refractivity contribution in [1.29, 1.82) is 0 Å². The molecule has 1 aromatic carbocycles. The summed E-state index contributed by atoms with van der Waals surface area (Å²) in [4.78, 5) is 9.06. The maximum atomic E-state index is 5.46. The fraction of sp³-hybridized carbons (Fsp3) is 0.650. The van der Waals surface area contributed by atoms with Crippen molar-refractivity contribution in [1.82, 2.24) is 15.1 Å². The van der Waals surface area contributed by atoms with E-state index < -0.39 is 0 Å². The van der Waals surface area contributed by atoms with Gasteiger partial charge in [-0.3, -0.25) is 4.99 Å². The van der Waals surface area contributed by atoms with Crippen LogP contribution in [0.15, 0.2) is 23.2 Å². The summed E-state index contributed by atoms with van der Waals surface area (Å²) in [6.07, 6.45) is 2.46. The first-order valence-electron chi connectivity index (χ1n) is 9.34. The lowest BCUT2D eigenvalue weighted by Crippen LogP contribution is -2.47. The Morgan fingerprint density at radius 2 is 1.88 bits per heavy atom. The van der Waals surface area contributed by atoms with E-state index in [2.05, 4.69) is 53.3 Å². The fourth-order valence-electron chi connectivity index (χ4n) is 3.40. The summed E-state index contributed by atoms with van der Waals surface area (Å²) in [7, 11) is 9.37. The Morgan fingerprint density at radius 1 is 1.23 bits per heavy atom. The molecule has 1 unspecified atom stereocenters. The molecule has 6 nitrogen and oxygen atoms in total. The van der Waals surface area contributed by atoms with Gasteiger partial charge in [-0.2, -0.15) is 0 Å². The number of likely N-dealkylation sites (tertiary alicyclic amines) is 1. The van der Waals surface area contributed by atoms with E-state index in [1.165, 1.54) is 18.4 Å². The smallest absolute Gasteiger partial charge is 0.193 e. The van der Waals surface area contributed by atoms with Gasteiger partial charge < -0.3 is 24.6 Å². The zero-order valence-electron chi connectivity index (χ0n) is 17.1. The molecular formula is C20H34N4O2. The van der Waals surface area contributed by atoms with E-state index in [-0.39, 0.29) is 6.04 Å². The van der Waals surface area contributed by atoms with Crippen LogP contribution in [-0.2, 0) is 0 Å². The van der Waals surface area contributed by atoms with Crippen molar-refractivity contribution in [3.05, 3.63) is 23.8 Å². The van der Waals surface area contributed by atoms with Crippen LogP contribution < -0.4 is 14.8 Å². The Balaban J connectivity index is 2.08. The summed E-state index contributed by atoms with van der Waals surface area (Å²) in [5.74, 6) is 3.31. The molecule has 0 spiro atoms. The molecule has 26 heavy (non-hydrogen) atoms. The van der Waals surface area contributed by atoms with Gasteiger partial charge in [0.15, 0.2) is 17.5 Å². The monoisotopic (exact) mass is 362 g/mol. The Morgan fingerprint density at radius 3 is 2.42 bits per heavy atom. The van der Waals surface area contributed by atoms with Crippen molar-refractivity contribution < 1.29 is 9.47 Å². The maximum Gasteiger partial charge on any atom is 0.193 e. The molecule has 1 aliphatic rings. The van der Waals surface area contributed by atoms with Crippen LogP contribution >= 0.6 is 0 Å². The second-order valence-electron chi connectivity index (χ2n) is 7.19. The highest BCUT2D eigenvalue weighted by Gasteiger charge is 2.21. The first-order valence-corrected chi connectivity index (χ1v) is 9.34. The SMILES string of the molecule is CN=C(NCC(c1ccc(OC)c(OC)c1)N(C)C)N1CCC(C)CC1. The number of hydrogen-bond donors (Lipinski definition) is 1. The van der Waals surface area contributed by atoms with E-state index in [1.54, 1.807) is 14.2 Å². The summed E-state index contributed by atoms with van der Waals surface area (Å²) in [6, 6.07) is 6.32. The first kappa shape index (κ1) is 20.4. The number of ether oxygens (including phenoxy) is 2. The third-order valence-corrected chi connectivity index (χ3v) is 5.16. The van der Waals surface area contributed by atoms with Gasteiger partial charge in [-0.15, -0.1) is 0 Å². The Kier molecular flexibility index (Phi) is 7.57. The minimum Gasteiger partial charge on any atom is -0.493 e. The highest BCUT2D eigenvalue weighted by Crippen LogP contribution is 2.31. The predicted octanol–water partition coefficient (Wildman–Crippen LogP) is 2.61. The molecular weight excluding hydrogens is 328 g/mol. The van der Waals surface area contributed by atoms with Gasteiger partial charge in [0.25, 0.3) is 0 Å². The average Bonchev–Trinajstić information content (AvgIpc) is 2.65. The third kappa shape index (κ3) is 5.04. The predicted molar refractivity (Wildman–Crippen MR) is 107 cm³/mol. The molecule has 0 bridgehead atoms. The molecule has 0 saturated carbocycles. The Bertz CT molecular complexity index is 595. The van der Waals surface area contributed by atoms with Gasteiger partial charge in [0.2, 0.25) is 0 Å². The lowest BCUT2D eigenvalue weighted by molar-refractivity contribution is 0.263. The second-order valence-corrected chi connectivity index (χ2v) is 7.19. The molecule has 1 aliphatic heterocycles. The topological polar surface area (TPSA) is 49.3 Å². The number of piperidine rings is 1. The van der Waals surface area contributed by atoms with Crippen LogP contribution in [0.3, 0.4) is 0 Å². The first-order chi connectivity index (χ1) is 12.5. The lowest BCUT2D eigenvalue weighted by atomic mass is 9.99. The van der Waals surface area contributed by atoms with Crippen molar-refractivity contribution >= 4 is 5.96 Å². The van der Waals surface area contributed by atoms with Gasteiger partial charge >= 0.3 is 0 Å². The standard InChI is InChI=1S/C20H34N4O2/c1-15-9-11-24(12-10-15)20(21-2)22-14-17(23(3)4)16-7-8-18(25-5)19(13-16)26-6/h7-8,13,15,17H,9-12,14H2,1-6H3,(H,21,22). The zero-order chi connectivity index (χ0) is 19.1. The lowest BCUT2D eigenvalue weighted by Gasteiger charge is -2.34. The molecule has 2 rings (SSSR count). The summed E-state index contributed by atoms with van der Waals surface area (Å²) < 4.78 is 10.8. The van der Waals surface area contributed by atoms with E-state index >= 15 is 0 Å². The molecule has 0 aliphatic carbocycles. The van der Waals surface area contributed by atoms with Crippen LogP contribution in [-0.4, -0.2) is 70.8 Å². The van der Waals surface area contributed by atoms with Crippen molar-refractivity contribution in [2.24, 2.45) is 10.9 Å². The van der Waals surface area contributed by atoms with Crippen molar-refractivity contribution in [2.75, 3.05) is 55.0 Å². The molecule has 0 amide bonds. The van der Waals surface area contributed by atoms with Crippen LogP contribution in [0.4, 0.5) is 0 Å². The maximum absolute atomic E-state index is 5.46. The molecule has 146 valence electrons. The number of benzene rings is 1. The van der Waals surface area contributed by atoms with Crippen LogP contribution in [0.5, 0.6) is 11.5 Å². The van der Waals surface area contributed by atoms with Crippen molar-refractivity contribution in [3.8, 4) is 11.5 Å². The number of aliphatic imine (C=N–C) groups is 1. The number of guanidine groups is 1. The molecule has 1 atom stereocenters. The fourth-order valence-corrected chi connectivity index (χ4v) is 3.40. The number of nitrogens with one attached hydrogen (secondary N) is 1. The number of nitrogens with zero attached hydrogens (tertiary/aromatic N) is 3. The summed E-state index contributed by atoms with van der Waals surface area (Å²) in [5, 5.41) is 3.56. The zero-order valence-corrected chi connectivity index (χ0v) is 17.1. The third-order valence-electron chi connectivity index (χ3n) is 5.16. The molecule has 6 heteroatoms. The largest absolute Gasteiger partial charge is 0.493 e. The van der Waals surface area contributed by atoms with E-state index in [0.717, 1.165) is 43.0 Å². The number of likely N-dealkylation sites (N-methyl/N-ethyl adjacent to an activating group) is 1. The van der Waals surface area contributed by atoms with Crippen LogP contribution in [0, 0.1) is 5.92 Å². The minimum atomic E-state index is 0.204. The average molecular weight is 363 g/mol. The van der Waals surface area contributed by atoms with E-state index in [9.17, 15) is 0 Å². The molecule has 0 aromatic heterocycles. The molecule has 1 heterocycles. The number of methoxy groups -OCH3 is 2. The highest BCUT2D eigenvalue weighted by atomic mass is 16.5. The van der Waals surface area contributed by atoms with E-state index in [4.69, 9.17) is 9.47 Å². The van der Waals surface area contributed by atoms with Crippen LogP contribution in [0.2, 0.25) is 0 Å². The van der Waals surface area contributed by atoms with Gasteiger partial charge in [-0.05, 0) is 50.6 Å². The second kappa shape index (κ2) is 9.67. The van der Waals surface area contributed by atoms with Crippen LogP contribution in [0.1, 0.15) is 31.4 Å². The van der Waals surface area contributed by atoms with Gasteiger partial charge in [-0.1, -0.05) is 13.0 Å². The molecule has 0 radical (unpaired) electrons. The summed E-state index contributed by atoms with van der Waals surface area (Å²) in [6.45, 7) is 5.25. The Labute approximate surface area is 158 Å². The van der Waals surface area contributed by atoms with Gasteiger partial charge in [0.1, 0.15) is 0 Å². The number of hydrogen-bond acceptors (Lipinski definition) is 4. The Hall–Kier alpha value is -1.95. The highest BCUT2D eigenvalue weighted by molar-refractivity contribution is 5.80. The van der Waals surface area contributed by atoms with Crippen LogP contribution in [0.25, 0.3) is 0 Å². The minimum absolute atomic E-state index is 0.204. The molecule has 1 N–H and O–H groups in total. The van der Waals surface area contributed by atoms with Gasteiger partial charge in [-0.25, -0.2) is 0 Å². The summed E-state index contributed by atoms with van der Waals surface area (Å²) >= 11 is 0. The van der Waals surface area contributed by atoms with Crippen molar-refractivity contribution in [3.63, 3.8) is 0 Å². The molecule has 1 saturated heterocycles. The van der Waals surface area contributed by atoms with Gasteiger partial charge in [0, 0.05) is 26.7 Å². The van der Waals surface area contributed by atoms with Gasteiger partial charge in [0.05, 0.1) is 20.3 Å². The quantitative estimate of drug-likeness (QED) is 0.623. The van der Waals surface area contributed by atoms with E-state index in [1.807, 2.05) is 13.1 Å². The normalized spacial score (nSPS) is 17.3.